The summed E-state index contributed by atoms with van der Waals surface area (Å²) in [6.07, 6.45) is 5.25. The summed E-state index contributed by atoms with van der Waals surface area (Å²) >= 11 is 4.78. The van der Waals surface area contributed by atoms with Crippen molar-refractivity contribution in [3.63, 3.8) is 0 Å². The maximum Gasteiger partial charge on any atom is 0.180 e. The maximum atomic E-state index is 5.42. The fraction of sp³-hybridized carbons (Fsp3) is 0.0833. The Hall–Kier alpha value is -2.61. The Morgan fingerprint density at radius 3 is 2.80 bits per heavy atom. The zero-order chi connectivity index (χ0) is 14.1. The molecule has 8 heteroatoms. The molecule has 3 rings (SSSR count). The normalized spacial score (nSPS) is 10.7. The van der Waals surface area contributed by atoms with Gasteiger partial charge in [0, 0.05) is 13.2 Å². The second-order valence-electron chi connectivity index (χ2n) is 4.21. The van der Waals surface area contributed by atoms with Gasteiger partial charge in [-0.25, -0.2) is 15.0 Å². The monoisotopic (exact) mass is 285 g/mol. The molecule has 0 spiro atoms. The van der Waals surface area contributed by atoms with Crippen LogP contribution < -0.4 is 11.1 Å². The fourth-order valence-electron chi connectivity index (χ4n) is 1.76. The van der Waals surface area contributed by atoms with Gasteiger partial charge < -0.3 is 15.6 Å². The van der Waals surface area contributed by atoms with E-state index in [1.807, 2.05) is 17.8 Å². The molecule has 0 saturated heterocycles. The topological polar surface area (TPSA) is 94.5 Å². The summed E-state index contributed by atoms with van der Waals surface area (Å²) in [5.41, 5.74) is 8.04. The van der Waals surface area contributed by atoms with Crippen LogP contribution in [-0.4, -0.2) is 29.6 Å². The van der Waals surface area contributed by atoms with E-state index in [2.05, 4.69) is 25.3 Å². The molecule has 0 aliphatic heterocycles. The van der Waals surface area contributed by atoms with Gasteiger partial charge in [0.25, 0.3) is 0 Å². The highest BCUT2D eigenvalue weighted by molar-refractivity contribution is 7.80. The van der Waals surface area contributed by atoms with Crippen molar-refractivity contribution < 1.29 is 0 Å². The number of nitrogens with zero attached hydrogens (tertiary/aromatic N) is 5. The molecule has 0 aliphatic carbocycles. The molecule has 0 atom stereocenters. The molecule has 0 saturated carbocycles. The van der Waals surface area contributed by atoms with Gasteiger partial charge in [0.05, 0.1) is 12.5 Å². The number of hydrogen-bond acceptors (Lipinski definition) is 5. The van der Waals surface area contributed by atoms with Crippen molar-refractivity contribution in [1.82, 2.24) is 24.5 Å². The van der Waals surface area contributed by atoms with Crippen molar-refractivity contribution in [2.75, 3.05) is 5.32 Å². The van der Waals surface area contributed by atoms with E-state index in [4.69, 9.17) is 18.0 Å². The minimum Gasteiger partial charge on any atom is -0.376 e. The van der Waals surface area contributed by atoms with Crippen LogP contribution in [0.5, 0.6) is 0 Å². The molecule has 7 nitrogen and oxygen atoms in total. The lowest BCUT2D eigenvalue weighted by molar-refractivity contribution is 0.913. The van der Waals surface area contributed by atoms with Crippen molar-refractivity contribution in [3.8, 4) is 11.4 Å². The highest BCUT2D eigenvalue weighted by Crippen LogP contribution is 2.17. The number of rotatable bonds is 2. The average Bonchev–Trinajstić information content (AvgIpc) is 2.84. The maximum absolute atomic E-state index is 5.42. The van der Waals surface area contributed by atoms with E-state index in [0.29, 0.717) is 22.7 Å². The summed E-state index contributed by atoms with van der Waals surface area (Å²) in [6.45, 7) is 0. The van der Waals surface area contributed by atoms with Gasteiger partial charge in [-0.1, -0.05) is 0 Å². The minimum atomic E-state index is 0.158. The molecule has 0 aromatic carbocycles. The Morgan fingerprint density at radius 1 is 1.25 bits per heavy atom. The number of hydrogen-bond donors (Lipinski definition) is 2. The third-order valence-electron chi connectivity index (χ3n) is 2.63. The number of fused-ring (bicyclic) bond motifs is 1. The van der Waals surface area contributed by atoms with Crippen LogP contribution in [0, 0.1) is 0 Å². The lowest BCUT2D eigenvalue weighted by Crippen LogP contribution is -2.19. The number of nitrogens with one attached hydrogen (secondary N) is 1. The molecule has 3 aromatic rings. The van der Waals surface area contributed by atoms with E-state index >= 15 is 0 Å². The van der Waals surface area contributed by atoms with Crippen molar-refractivity contribution >= 4 is 34.3 Å². The summed E-state index contributed by atoms with van der Waals surface area (Å²) in [6, 6.07) is 3.55. The van der Waals surface area contributed by atoms with Gasteiger partial charge in [0.1, 0.15) is 22.7 Å². The predicted molar refractivity (Wildman–Crippen MR) is 79.9 cm³/mol. The van der Waals surface area contributed by atoms with Crippen LogP contribution in [0.2, 0.25) is 0 Å². The molecule has 3 heterocycles. The summed E-state index contributed by atoms with van der Waals surface area (Å²) in [5, 5.41) is 2.93. The first kappa shape index (κ1) is 12.4. The highest BCUT2D eigenvalue weighted by atomic mass is 32.1. The van der Waals surface area contributed by atoms with Crippen molar-refractivity contribution in [3.05, 3.63) is 30.9 Å². The second-order valence-corrected chi connectivity index (χ2v) is 4.65. The highest BCUT2D eigenvalue weighted by Gasteiger charge is 2.07. The first-order valence-corrected chi connectivity index (χ1v) is 6.21. The molecule has 0 unspecified atom stereocenters. The Balaban J connectivity index is 2.06. The van der Waals surface area contributed by atoms with Crippen LogP contribution in [0.3, 0.4) is 0 Å². The molecule has 0 bridgehead atoms. The first-order chi connectivity index (χ1) is 9.61. The number of imidazole rings is 1. The van der Waals surface area contributed by atoms with Crippen molar-refractivity contribution in [1.29, 1.82) is 0 Å². The molecule has 0 amide bonds. The third-order valence-corrected chi connectivity index (χ3v) is 2.73. The number of pyridine rings is 1. The average molecular weight is 285 g/mol. The van der Waals surface area contributed by atoms with Gasteiger partial charge in [-0.15, -0.1) is 0 Å². The van der Waals surface area contributed by atoms with Crippen LogP contribution in [0.25, 0.3) is 22.6 Å². The minimum absolute atomic E-state index is 0.158. The first-order valence-electron chi connectivity index (χ1n) is 5.80. The number of aromatic nitrogens is 5. The number of nitrogens with two attached hydrogens (primary N) is 1. The zero-order valence-corrected chi connectivity index (χ0v) is 11.4. The van der Waals surface area contributed by atoms with E-state index in [1.54, 1.807) is 24.7 Å². The van der Waals surface area contributed by atoms with Crippen molar-refractivity contribution in [2.45, 2.75) is 0 Å². The van der Waals surface area contributed by atoms with Gasteiger partial charge >= 0.3 is 0 Å². The van der Waals surface area contributed by atoms with Crippen LogP contribution in [0.15, 0.2) is 30.9 Å². The number of aryl methyl sites for hydroxylation is 1. The third kappa shape index (κ3) is 2.41. The van der Waals surface area contributed by atoms with E-state index in [1.165, 1.54) is 0 Å². The summed E-state index contributed by atoms with van der Waals surface area (Å²) < 4.78 is 1.85. The van der Waals surface area contributed by atoms with Crippen molar-refractivity contribution in [2.24, 2.45) is 12.8 Å². The van der Waals surface area contributed by atoms with Gasteiger partial charge in [0.15, 0.2) is 10.8 Å². The Bertz CT molecular complexity index is 795. The van der Waals surface area contributed by atoms with E-state index < -0.39 is 0 Å². The van der Waals surface area contributed by atoms with E-state index in [-0.39, 0.29) is 5.11 Å². The zero-order valence-electron chi connectivity index (χ0n) is 10.6. The lowest BCUT2D eigenvalue weighted by atomic mass is 10.3. The molecule has 0 aliphatic rings. The SMILES string of the molecule is Cn1cnc(-c2cnc3ccc(NC(N)=S)nc3n2)c1. The molecular weight excluding hydrogens is 274 g/mol. The Labute approximate surface area is 119 Å². The fourth-order valence-corrected chi connectivity index (χ4v) is 1.87. The van der Waals surface area contributed by atoms with Gasteiger partial charge in [-0.05, 0) is 24.4 Å². The molecule has 20 heavy (non-hydrogen) atoms. The smallest absolute Gasteiger partial charge is 0.180 e. The predicted octanol–water partition coefficient (Wildman–Crippen LogP) is 1.08. The van der Waals surface area contributed by atoms with E-state index in [0.717, 1.165) is 5.69 Å². The summed E-state index contributed by atoms with van der Waals surface area (Å²) in [5.74, 6) is 0.539. The van der Waals surface area contributed by atoms with Crippen LogP contribution in [-0.2, 0) is 7.05 Å². The standard InChI is InChI=1S/C12H11N7S/c1-19-5-9(15-6-19)8-4-14-7-2-3-10(18-12(13)20)17-11(7)16-8/h2-6H,1H3,(H3,13,16,17,18,20). The molecule has 3 N–H and O–H groups in total. The van der Waals surface area contributed by atoms with Gasteiger partial charge in [-0.2, -0.15) is 0 Å². The summed E-state index contributed by atoms with van der Waals surface area (Å²) in [4.78, 5) is 17.3. The number of thiocarbonyl (C=S) groups is 1. The molecule has 3 aromatic heterocycles. The van der Waals surface area contributed by atoms with Crippen LogP contribution in [0.4, 0.5) is 5.82 Å². The van der Waals surface area contributed by atoms with Gasteiger partial charge in [-0.3, -0.25) is 4.98 Å². The molecular formula is C12H11N7S. The largest absolute Gasteiger partial charge is 0.376 e. The lowest BCUT2D eigenvalue weighted by Gasteiger charge is -2.04. The van der Waals surface area contributed by atoms with Crippen LogP contribution in [0.1, 0.15) is 0 Å². The number of anilines is 1. The Kier molecular flexibility index (Phi) is 2.99. The quantitative estimate of drug-likeness (QED) is 0.680. The molecule has 100 valence electrons. The summed E-state index contributed by atoms with van der Waals surface area (Å²) in [7, 11) is 1.90. The second kappa shape index (κ2) is 4.82. The van der Waals surface area contributed by atoms with Crippen LogP contribution >= 0.6 is 12.2 Å². The van der Waals surface area contributed by atoms with E-state index in [9.17, 15) is 0 Å². The Morgan fingerprint density at radius 2 is 2.10 bits per heavy atom. The molecule has 0 radical (unpaired) electrons. The van der Waals surface area contributed by atoms with Gasteiger partial charge in [0.2, 0.25) is 0 Å². The molecule has 0 fully saturated rings.